The van der Waals surface area contributed by atoms with Gasteiger partial charge in [0.15, 0.2) is 0 Å². The molecule has 8 nitrogen and oxygen atoms in total. The SMILES string of the molecule is CN(C)CCN1CCC(N(Cc2ccc(N(C)c3ccncc3)cc2)C(=O)C=Cc2ccc(C(F)(F)F)cc2)CC1.O=CO. The molecule has 2 heterocycles. The summed E-state index contributed by atoms with van der Waals surface area (Å²) in [7, 11) is 6.13. The first kappa shape index (κ1) is 34.3. The number of hydrogen-bond donors (Lipinski definition) is 1. The van der Waals surface area contributed by atoms with Gasteiger partial charge in [0.1, 0.15) is 0 Å². The number of anilines is 2. The number of alkyl halides is 3. The van der Waals surface area contributed by atoms with Crippen molar-refractivity contribution in [1.82, 2.24) is 19.7 Å². The minimum atomic E-state index is -4.39. The predicted molar refractivity (Wildman–Crippen MR) is 166 cm³/mol. The van der Waals surface area contributed by atoms with Crippen molar-refractivity contribution in [2.45, 2.75) is 31.6 Å². The molecule has 0 spiro atoms. The number of aromatic nitrogens is 1. The summed E-state index contributed by atoms with van der Waals surface area (Å²) in [5, 5.41) is 6.89. The van der Waals surface area contributed by atoms with Gasteiger partial charge in [0.25, 0.3) is 6.47 Å². The molecule has 0 aliphatic carbocycles. The minimum Gasteiger partial charge on any atom is -0.483 e. The molecule has 1 N–H and O–H groups in total. The Morgan fingerprint density at radius 1 is 0.955 bits per heavy atom. The summed E-state index contributed by atoms with van der Waals surface area (Å²) in [6, 6.07) is 17.0. The Labute approximate surface area is 257 Å². The Hall–Kier alpha value is -4.22. The zero-order valence-electron chi connectivity index (χ0n) is 25.3. The van der Waals surface area contributed by atoms with Gasteiger partial charge in [-0.25, -0.2) is 0 Å². The van der Waals surface area contributed by atoms with E-state index in [2.05, 4.69) is 33.8 Å². The number of amides is 1. The van der Waals surface area contributed by atoms with E-state index in [-0.39, 0.29) is 18.4 Å². The number of piperidine rings is 1. The van der Waals surface area contributed by atoms with Crippen molar-refractivity contribution in [2.24, 2.45) is 0 Å². The molecule has 0 saturated carbocycles. The second-order valence-corrected chi connectivity index (χ2v) is 10.8. The van der Waals surface area contributed by atoms with Crippen molar-refractivity contribution in [3.63, 3.8) is 0 Å². The second kappa shape index (κ2) is 16.6. The van der Waals surface area contributed by atoms with Crippen LogP contribution in [-0.2, 0) is 22.3 Å². The number of halogens is 3. The summed E-state index contributed by atoms with van der Waals surface area (Å²) in [4.78, 5) is 34.6. The number of nitrogens with zero attached hydrogens (tertiary/aromatic N) is 5. The van der Waals surface area contributed by atoms with E-state index in [1.54, 1.807) is 18.5 Å². The van der Waals surface area contributed by atoms with Crippen LogP contribution in [0, 0.1) is 0 Å². The number of benzene rings is 2. The molecule has 1 fully saturated rings. The summed E-state index contributed by atoms with van der Waals surface area (Å²) >= 11 is 0. The summed E-state index contributed by atoms with van der Waals surface area (Å²) in [6.07, 6.45) is 3.94. The Morgan fingerprint density at radius 2 is 1.52 bits per heavy atom. The highest BCUT2D eigenvalue weighted by Gasteiger charge is 2.30. The van der Waals surface area contributed by atoms with Gasteiger partial charge in [0.2, 0.25) is 5.91 Å². The Morgan fingerprint density at radius 3 is 2.07 bits per heavy atom. The van der Waals surface area contributed by atoms with E-state index < -0.39 is 11.7 Å². The van der Waals surface area contributed by atoms with Crippen LogP contribution in [0.5, 0.6) is 0 Å². The maximum atomic E-state index is 13.5. The monoisotopic (exact) mass is 611 g/mol. The fourth-order valence-electron chi connectivity index (χ4n) is 4.97. The summed E-state index contributed by atoms with van der Waals surface area (Å²) < 4.78 is 38.8. The first-order chi connectivity index (χ1) is 21.0. The lowest BCUT2D eigenvalue weighted by Crippen LogP contribution is -2.47. The Balaban J connectivity index is 0.00000169. The van der Waals surface area contributed by atoms with Gasteiger partial charge >= 0.3 is 6.18 Å². The molecule has 1 aromatic heterocycles. The van der Waals surface area contributed by atoms with Gasteiger partial charge in [-0.3, -0.25) is 14.6 Å². The smallest absolute Gasteiger partial charge is 0.416 e. The number of rotatable bonds is 10. The zero-order chi connectivity index (χ0) is 32.1. The Bertz CT molecular complexity index is 1330. The van der Waals surface area contributed by atoms with Crippen molar-refractivity contribution in [1.29, 1.82) is 0 Å². The molecule has 2 aromatic carbocycles. The number of carbonyl (C=O) groups excluding carboxylic acids is 1. The molecule has 0 radical (unpaired) electrons. The third kappa shape index (κ3) is 10.5. The highest BCUT2D eigenvalue weighted by molar-refractivity contribution is 5.92. The lowest BCUT2D eigenvalue weighted by atomic mass is 10.0. The molecule has 1 aliphatic heterocycles. The summed E-state index contributed by atoms with van der Waals surface area (Å²) in [6.45, 7) is 4.02. The maximum Gasteiger partial charge on any atom is 0.416 e. The molecule has 0 atom stereocenters. The largest absolute Gasteiger partial charge is 0.483 e. The van der Waals surface area contributed by atoms with E-state index in [1.165, 1.54) is 18.2 Å². The van der Waals surface area contributed by atoms with Crippen LogP contribution in [-0.4, -0.2) is 90.5 Å². The quantitative estimate of drug-likeness (QED) is 0.235. The Kier molecular flexibility index (Phi) is 12.9. The first-order valence-electron chi connectivity index (χ1n) is 14.4. The van der Waals surface area contributed by atoms with Crippen LogP contribution in [0.2, 0.25) is 0 Å². The predicted octanol–water partition coefficient (Wildman–Crippen LogP) is 5.64. The van der Waals surface area contributed by atoms with Crippen molar-refractivity contribution >= 4 is 29.8 Å². The standard InChI is InChI=1S/C32H38F3N5O.CH2O2/c1-37(2)22-23-39-20-16-30(17-21-39)40(31(41)13-8-25-4-9-27(10-5-25)32(33,34)35)24-26-6-11-28(12-7-26)38(3)29-14-18-36-19-15-29;2-1-3/h4-15,18-19,30H,16-17,20-24H2,1-3H3;1H,(H,2,3). The molecule has 1 aliphatic rings. The van der Waals surface area contributed by atoms with Crippen LogP contribution in [0.25, 0.3) is 6.08 Å². The summed E-state index contributed by atoms with van der Waals surface area (Å²) in [5.41, 5.74) is 2.91. The molecule has 1 saturated heterocycles. The maximum absolute atomic E-state index is 13.5. The molecule has 4 rings (SSSR count). The lowest BCUT2D eigenvalue weighted by Gasteiger charge is -2.38. The van der Waals surface area contributed by atoms with Gasteiger partial charge in [0.05, 0.1) is 5.56 Å². The molecule has 0 bridgehead atoms. The van der Waals surface area contributed by atoms with E-state index in [4.69, 9.17) is 9.90 Å². The van der Waals surface area contributed by atoms with Gasteiger partial charge in [0, 0.05) is 75.7 Å². The number of hydrogen-bond acceptors (Lipinski definition) is 6. The van der Waals surface area contributed by atoms with Gasteiger partial charge in [-0.05, 0) is 80.5 Å². The molecule has 3 aromatic rings. The molecule has 11 heteroatoms. The first-order valence-corrected chi connectivity index (χ1v) is 14.4. The number of carboxylic acid groups (broad SMARTS) is 1. The van der Waals surface area contributed by atoms with E-state index >= 15 is 0 Å². The van der Waals surface area contributed by atoms with E-state index in [0.717, 1.165) is 68.1 Å². The topological polar surface area (TPSA) is 80.2 Å². The summed E-state index contributed by atoms with van der Waals surface area (Å²) in [5.74, 6) is -0.144. The lowest BCUT2D eigenvalue weighted by molar-refractivity contribution is -0.137. The second-order valence-electron chi connectivity index (χ2n) is 10.8. The molecule has 1 amide bonds. The van der Waals surface area contributed by atoms with Crippen molar-refractivity contribution in [3.05, 3.63) is 95.8 Å². The highest BCUT2D eigenvalue weighted by atomic mass is 19.4. The van der Waals surface area contributed by atoms with Crippen LogP contribution < -0.4 is 4.90 Å². The van der Waals surface area contributed by atoms with Crippen molar-refractivity contribution in [2.75, 3.05) is 52.2 Å². The average Bonchev–Trinajstić information content (AvgIpc) is 3.02. The van der Waals surface area contributed by atoms with Gasteiger partial charge in [-0.2, -0.15) is 13.2 Å². The fraction of sp³-hybridized carbons (Fsp3) is 0.364. The normalized spacial score (nSPS) is 14.2. The highest BCUT2D eigenvalue weighted by Crippen LogP contribution is 2.29. The van der Waals surface area contributed by atoms with E-state index in [9.17, 15) is 18.0 Å². The van der Waals surface area contributed by atoms with Gasteiger partial charge in [-0.15, -0.1) is 0 Å². The third-order valence-electron chi connectivity index (χ3n) is 7.53. The van der Waals surface area contributed by atoms with Crippen LogP contribution in [0.4, 0.5) is 24.5 Å². The molecular formula is C33H40F3N5O3. The average molecular weight is 612 g/mol. The van der Waals surface area contributed by atoms with Crippen LogP contribution in [0.15, 0.2) is 79.1 Å². The van der Waals surface area contributed by atoms with Crippen molar-refractivity contribution in [3.8, 4) is 0 Å². The van der Waals surface area contributed by atoms with Gasteiger partial charge in [-0.1, -0.05) is 24.3 Å². The number of likely N-dealkylation sites (N-methyl/N-ethyl adjacent to an activating group) is 1. The van der Waals surface area contributed by atoms with E-state index in [1.807, 2.05) is 48.3 Å². The van der Waals surface area contributed by atoms with Crippen LogP contribution >= 0.6 is 0 Å². The van der Waals surface area contributed by atoms with Gasteiger partial charge < -0.3 is 24.7 Å². The molecular weight excluding hydrogens is 571 g/mol. The number of pyridine rings is 1. The molecule has 236 valence electrons. The third-order valence-corrected chi connectivity index (χ3v) is 7.53. The fourth-order valence-corrected chi connectivity index (χ4v) is 4.97. The number of likely N-dealkylation sites (tertiary alicyclic amines) is 1. The van der Waals surface area contributed by atoms with Crippen molar-refractivity contribution < 1.29 is 27.9 Å². The minimum absolute atomic E-state index is 0.0783. The van der Waals surface area contributed by atoms with Crippen LogP contribution in [0.3, 0.4) is 0 Å². The molecule has 0 unspecified atom stereocenters. The van der Waals surface area contributed by atoms with Crippen LogP contribution in [0.1, 0.15) is 29.5 Å². The zero-order valence-corrected chi connectivity index (χ0v) is 25.3. The number of carbonyl (C=O) groups is 2. The van der Waals surface area contributed by atoms with E-state index in [0.29, 0.717) is 12.1 Å². The molecule has 44 heavy (non-hydrogen) atoms.